The van der Waals surface area contributed by atoms with Crippen molar-refractivity contribution in [2.75, 3.05) is 32.8 Å². The van der Waals surface area contributed by atoms with Crippen molar-refractivity contribution in [2.24, 2.45) is 0 Å². The van der Waals surface area contributed by atoms with Crippen LogP contribution in [0.15, 0.2) is 42.5 Å². The zero-order chi connectivity index (χ0) is 21.7. The molecule has 0 saturated carbocycles. The van der Waals surface area contributed by atoms with Gasteiger partial charge in [0.25, 0.3) is 5.91 Å². The Morgan fingerprint density at radius 2 is 1.67 bits per heavy atom. The number of amides is 3. The van der Waals surface area contributed by atoms with E-state index in [0.717, 1.165) is 12.1 Å². The number of urea groups is 1. The summed E-state index contributed by atoms with van der Waals surface area (Å²) in [5.74, 6) is -2.60. The lowest BCUT2D eigenvalue weighted by Gasteiger charge is -2.35. The van der Waals surface area contributed by atoms with E-state index in [1.165, 1.54) is 29.2 Å². The van der Waals surface area contributed by atoms with Gasteiger partial charge in [-0.3, -0.25) is 4.79 Å². The van der Waals surface area contributed by atoms with Crippen molar-refractivity contribution < 1.29 is 27.5 Å². The number of halogens is 3. The zero-order valence-electron chi connectivity index (χ0n) is 16.4. The smallest absolute Gasteiger partial charge is 0.317 e. The maximum absolute atomic E-state index is 13.8. The van der Waals surface area contributed by atoms with Gasteiger partial charge in [-0.25, -0.2) is 18.0 Å². The third-order valence-electron chi connectivity index (χ3n) is 4.71. The first-order valence-corrected chi connectivity index (χ1v) is 9.52. The molecule has 0 bridgehead atoms. The Hall–Kier alpha value is -3.23. The lowest BCUT2D eigenvalue weighted by atomic mass is 10.1. The van der Waals surface area contributed by atoms with Crippen LogP contribution in [0.3, 0.4) is 0 Å². The highest BCUT2D eigenvalue weighted by atomic mass is 19.1. The molecule has 3 amide bonds. The lowest BCUT2D eigenvalue weighted by molar-refractivity contribution is 0.0658. The Labute approximate surface area is 172 Å². The van der Waals surface area contributed by atoms with Crippen molar-refractivity contribution in [2.45, 2.75) is 13.0 Å². The molecule has 1 unspecified atom stereocenters. The number of rotatable bonds is 5. The van der Waals surface area contributed by atoms with Gasteiger partial charge in [0.2, 0.25) is 0 Å². The Bertz CT molecular complexity index is 917. The normalized spacial score (nSPS) is 14.9. The van der Waals surface area contributed by atoms with Gasteiger partial charge < -0.3 is 19.9 Å². The molecule has 9 heteroatoms. The summed E-state index contributed by atoms with van der Waals surface area (Å²) < 4.78 is 45.6. The van der Waals surface area contributed by atoms with Crippen molar-refractivity contribution in [1.82, 2.24) is 15.1 Å². The summed E-state index contributed by atoms with van der Waals surface area (Å²) in [5, 5.41) is 2.74. The Kier molecular flexibility index (Phi) is 6.81. The fourth-order valence-electron chi connectivity index (χ4n) is 3.07. The highest BCUT2D eigenvalue weighted by Crippen LogP contribution is 2.18. The molecule has 0 aromatic heterocycles. The SMILES string of the molecule is CC(COc1ccc(F)cc1F)NC(=O)N1CCN(C(=O)c2ccccc2F)CC1. The van der Waals surface area contributed by atoms with Crippen molar-refractivity contribution in [1.29, 1.82) is 0 Å². The molecular weight excluding hydrogens is 399 g/mol. The summed E-state index contributed by atoms with van der Waals surface area (Å²) in [6, 6.07) is 8.00. The molecule has 1 aliphatic rings. The molecule has 1 N–H and O–H groups in total. The summed E-state index contributed by atoms with van der Waals surface area (Å²) >= 11 is 0. The van der Waals surface area contributed by atoms with E-state index in [0.29, 0.717) is 13.1 Å². The van der Waals surface area contributed by atoms with E-state index in [2.05, 4.69) is 5.32 Å². The van der Waals surface area contributed by atoms with Crippen molar-refractivity contribution in [3.63, 3.8) is 0 Å². The number of ether oxygens (including phenoxy) is 1. The van der Waals surface area contributed by atoms with E-state index in [-0.39, 0.29) is 37.0 Å². The van der Waals surface area contributed by atoms with Gasteiger partial charge in [0.05, 0.1) is 11.6 Å². The highest BCUT2D eigenvalue weighted by molar-refractivity contribution is 5.94. The Balaban J connectivity index is 1.45. The average Bonchev–Trinajstić information content (AvgIpc) is 2.73. The van der Waals surface area contributed by atoms with Crippen LogP contribution in [0.5, 0.6) is 5.75 Å². The van der Waals surface area contributed by atoms with Crippen molar-refractivity contribution >= 4 is 11.9 Å². The van der Waals surface area contributed by atoms with Crippen LogP contribution in [0.1, 0.15) is 17.3 Å². The molecular formula is C21H22F3N3O3. The number of benzene rings is 2. The second-order valence-electron chi connectivity index (χ2n) is 7.00. The third kappa shape index (κ3) is 5.22. The topological polar surface area (TPSA) is 61.9 Å². The van der Waals surface area contributed by atoms with E-state index in [1.54, 1.807) is 17.9 Å². The molecule has 2 aromatic carbocycles. The van der Waals surface area contributed by atoms with E-state index < -0.39 is 29.4 Å². The first-order chi connectivity index (χ1) is 14.3. The van der Waals surface area contributed by atoms with E-state index >= 15 is 0 Å². The van der Waals surface area contributed by atoms with Gasteiger partial charge in [-0.1, -0.05) is 12.1 Å². The first kappa shape index (κ1) is 21.5. The molecule has 2 aromatic rings. The van der Waals surface area contributed by atoms with Gasteiger partial charge >= 0.3 is 6.03 Å². The van der Waals surface area contributed by atoms with Crippen LogP contribution in [0.4, 0.5) is 18.0 Å². The lowest BCUT2D eigenvalue weighted by Crippen LogP contribution is -2.54. The standard InChI is InChI=1S/C21H22F3N3O3/c1-14(13-30-19-7-6-15(22)12-18(19)24)25-21(29)27-10-8-26(9-11-27)20(28)16-4-2-3-5-17(16)23/h2-7,12,14H,8-11,13H2,1H3,(H,25,29). The number of piperazine rings is 1. The molecule has 1 fully saturated rings. The summed E-state index contributed by atoms with van der Waals surface area (Å²) in [6.07, 6.45) is 0. The van der Waals surface area contributed by atoms with Gasteiger partial charge in [0.15, 0.2) is 11.6 Å². The van der Waals surface area contributed by atoms with E-state index in [9.17, 15) is 22.8 Å². The van der Waals surface area contributed by atoms with Crippen LogP contribution in [0.2, 0.25) is 0 Å². The molecule has 0 spiro atoms. The van der Waals surface area contributed by atoms with Gasteiger partial charge in [-0.2, -0.15) is 0 Å². The third-order valence-corrected chi connectivity index (χ3v) is 4.71. The monoisotopic (exact) mass is 421 g/mol. The minimum atomic E-state index is -0.816. The fraction of sp³-hybridized carbons (Fsp3) is 0.333. The van der Waals surface area contributed by atoms with Crippen molar-refractivity contribution in [3.05, 3.63) is 65.5 Å². The predicted molar refractivity (Wildman–Crippen MR) is 104 cm³/mol. The second-order valence-corrected chi connectivity index (χ2v) is 7.00. The maximum atomic E-state index is 13.8. The minimum Gasteiger partial charge on any atom is -0.488 e. The summed E-state index contributed by atoms with van der Waals surface area (Å²) in [4.78, 5) is 27.9. The molecule has 6 nitrogen and oxygen atoms in total. The molecule has 1 atom stereocenters. The summed E-state index contributed by atoms with van der Waals surface area (Å²) in [5.41, 5.74) is 0.00852. The van der Waals surface area contributed by atoms with Gasteiger partial charge in [0, 0.05) is 32.2 Å². The molecule has 160 valence electrons. The number of carbonyl (C=O) groups is 2. The molecule has 0 aliphatic carbocycles. The second kappa shape index (κ2) is 9.51. The summed E-state index contributed by atoms with van der Waals surface area (Å²) in [6.45, 7) is 2.86. The van der Waals surface area contributed by atoms with Crippen LogP contribution in [0.25, 0.3) is 0 Å². The molecule has 1 saturated heterocycles. The molecule has 30 heavy (non-hydrogen) atoms. The molecule has 0 radical (unpaired) electrons. The van der Waals surface area contributed by atoms with Gasteiger partial charge in [-0.15, -0.1) is 0 Å². The average molecular weight is 421 g/mol. The van der Waals surface area contributed by atoms with Crippen LogP contribution >= 0.6 is 0 Å². The van der Waals surface area contributed by atoms with E-state index in [4.69, 9.17) is 4.74 Å². The quantitative estimate of drug-likeness (QED) is 0.807. The number of hydrogen-bond donors (Lipinski definition) is 1. The number of carbonyl (C=O) groups excluding carboxylic acids is 2. The maximum Gasteiger partial charge on any atom is 0.317 e. The molecule has 1 heterocycles. The molecule has 3 rings (SSSR count). The van der Waals surface area contributed by atoms with E-state index in [1.807, 2.05) is 0 Å². The molecule has 1 aliphatic heterocycles. The van der Waals surface area contributed by atoms with Gasteiger partial charge in [-0.05, 0) is 31.2 Å². The van der Waals surface area contributed by atoms with Gasteiger partial charge in [0.1, 0.15) is 18.2 Å². The Morgan fingerprint density at radius 1 is 1.00 bits per heavy atom. The predicted octanol–water partition coefficient (Wildman–Crippen LogP) is 3.04. The first-order valence-electron chi connectivity index (χ1n) is 9.52. The zero-order valence-corrected chi connectivity index (χ0v) is 16.4. The van der Waals surface area contributed by atoms with Crippen LogP contribution in [-0.4, -0.2) is 60.6 Å². The number of hydrogen-bond acceptors (Lipinski definition) is 3. The summed E-state index contributed by atoms with van der Waals surface area (Å²) in [7, 11) is 0. The van der Waals surface area contributed by atoms with Crippen LogP contribution < -0.4 is 10.1 Å². The Morgan fingerprint density at radius 3 is 2.33 bits per heavy atom. The van der Waals surface area contributed by atoms with Crippen LogP contribution in [0, 0.1) is 17.5 Å². The number of nitrogens with zero attached hydrogens (tertiary/aromatic N) is 2. The number of nitrogens with one attached hydrogen (secondary N) is 1. The van der Waals surface area contributed by atoms with Crippen molar-refractivity contribution in [3.8, 4) is 5.75 Å². The minimum absolute atomic E-state index is 0.0000271. The largest absolute Gasteiger partial charge is 0.488 e. The van der Waals surface area contributed by atoms with Crippen LogP contribution in [-0.2, 0) is 0 Å². The fourth-order valence-corrected chi connectivity index (χ4v) is 3.07. The highest BCUT2D eigenvalue weighted by Gasteiger charge is 2.26.